The molecule has 0 radical (unpaired) electrons. The molecule has 1 heterocycles. The van der Waals surface area contributed by atoms with Crippen LogP contribution >= 0.6 is 0 Å². The highest BCUT2D eigenvalue weighted by molar-refractivity contribution is 6.07. The lowest BCUT2D eigenvalue weighted by molar-refractivity contribution is 0.332. The lowest BCUT2D eigenvalue weighted by Gasteiger charge is -2.09. The summed E-state index contributed by atoms with van der Waals surface area (Å²) in [5.41, 5.74) is 5.65. The summed E-state index contributed by atoms with van der Waals surface area (Å²) >= 11 is 0. The van der Waals surface area contributed by atoms with Crippen molar-refractivity contribution in [2.45, 2.75) is 0 Å². The summed E-state index contributed by atoms with van der Waals surface area (Å²) in [5, 5.41) is 2.20. The zero-order valence-electron chi connectivity index (χ0n) is 10.3. The normalized spacial score (nSPS) is 11.0. The summed E-state index contributed by atoms with van der Waals surface area (Å²) in [4.78, 5) is 11.9. The molecule has 0 bridgehead atoms. The van der Waals surface area contributed by atoms with Crippen molar-refractivity contribution >= 4 is 21.7 Å². The minimum Gasteiger partial charge on any atom is -0.491 e. The largest absolute Gasteiger partial charge is 0.491 e. The predicted octanol–water partition coefficient (Wildman–Crippen LogP) is 2.28. The fraction of sp³-hybridized carbons (Fsp3) is 0.133. The highest BCUT2D eigenvalue weighted by Crippen LogP contribution is 2.31. The van der Waals surface area contributed by atoms with Crippen molar-refractivity contribution in [3.8, 4) is 5.75 Å². The summed E-state index contributed by atoms with van der Waals surface area (Å²) in [6.45, 7) is 0.859. The average molecular weight is 255 g/mol. The number of fused-ring (bicyclic) bond motifs is 3. The molecule has 96 valence electrons. The molecule has 0 aliphatic rings. The van der Waals surface area contributed by atoms with Crippen LogP contribution in [0.25, 0.3) is 21.7 Å². The van der Waals surface area contributed by atoms with Crippen molar-refractivity contribution in [1.82, 2.24) is 0 Å². The van der Waals surface area contributed by atoms with Crippen LogP contribution in [-0.4, -0.2) is 13.2 Å². The van der Waals surface area contributed by atoms with Crippen LogP contribution in [0, 0.1) is 0 Å². The van der Waals surface area contributed by atoms with Crippen LogP contribution in [0.2, 0.25) is 0 Å². The van der Waals surface area contributed by atoms with Gasteiger partial charge in [0, 0.05) is 11.9 Å². The molecule has 2 N–H and O–H groups in total. The first-order valence-corrected chi connectivity index (χ1v) is 6.08. The summed E-state index contributed by atoms with van der Waals surface area (Å²) in [7, 11) is 0. The zero-order valence-corrected chi connectivity index (χ0v) is 10.3. The monoisotopic (exact) mass is 255 g/mol. The Hall–Kier alpha value is -2.33. The standard InChI is InChI=1S/C15H13NO3/c16-8-9-18-12-6-3-7-13-14(12)10-4-1-2-5-11(10)15(17)19-13/h1-7H,8-9,16H2. The van der Waals surface area contributed by atoms with Crippen LogP contribution in [0.3, 0.4) is 0 Å². The molecule has 4 heteroatoms. The molecule has 0 saturated heterocycles. The van der Waals surface area contributed by atoms with Crippen LogP contribution in [0.5, 0.6) is 5.75 Å². The quantitative estimate of drug-likeness (QED) is 0.576. The second kappa shape index (κ2) is 4.74. The zero-order chi connectivity index (χ0) is 13.2. The van der Waals surface area contributed by atoms with Gasteiger partial charge in [0.2, 0.25) is 0 Å². The molecular formula is C15H13NO3. The average Bonchev–Trinajstić information content (AvgIpc) is 2.45. The fourth-order valence-corrected chi connectivity index (χ4v) is 2.18. The fourth-order valence-electron chi connectivity index (χ4n) is 2.18. The van der Waals surface area contributed by atoms with Gasteiger partial charge in [-0.2, -0.15) is 0 Å². The smallest absolute Gasteiger partial charge is 0.344 e. The van der Waals surface area contributed by atoms with Crippen molar-refractivity contribution in [1.29, 1.82) is 0 Å². The van der Waals surface area contributed by atoms with Gasteiger partial charge in [-0.25, -0.2) is 4.79 Å². The SMILES string of the molecule is NCCOc1cccc2oc(=O)c3ccccc3c12. The maximum atomic E-state index is 11.9. The van der Waals surface area contributed by atoms with Gasteiger partial charge >= 0.3 is 5.63 Å². The summed E-state index contributed by atoms with van der Waals surface area (Å²) in [5.74, 6) is 0.683. The first-order chi connectivity index (χ1) is 9.31. The highest BCUT2D eigenvalue weighted by atomic mass is 16.5. The van der Waals surface area contributed by atoms with Crippen molar-refractivity contribution in [2.24, 2.45) is 5.73 Å². The molecule has 19 heavy (non-hydrogen) atoms. The molecule has 0 aliphatic carbocycles. The van der Waals surface area contributed by atoms with Gasteiger partial charge in [-0.3, -0.25) is 0 Å². The Morgan fingerprint density at radius 3 is 2.63 bits per heavy atom. The predicted molar refractivity (Wildman–Crippen MR) is 74.5 cm³/mol. The minimum atomic E-state index is -0.334. The number of benzene rings is 2. The number of hydrogen-bond donors (Lipinski definition) is 1. The Morgan fingerprint density at radius 2 is 1.84 bits per heavy atom. The maximum Gasteiger partial charge on any atom is 0.344 e. The lowest BCUT2D eigenvalue weighted by Crippen LogP contribution is -2.11. The lowest BCUT2D eigenvalue weighted by atomic mass is 10.1. The van der Waals surface area contributed by atoms with Crippen LogP contribution in [0.1, 0.15) is 0 Å². The number of rotatable bonds is 3. The summed E-state index contributed by atoms with van der Waals surface area (Å²) < 4.78 is 11.0. The third-order valence-corrected chi connectivity index (χ3v) is 2.98. The third kappa shape index (κ3) is 1.96. The van der Waals surface area contributed by atoms with Crippen molar-refractivity contribution in [2.75, 3.05) is 13.2 Å². The summed E-state index contributed by atoms with van der Waals surface area (Å²) in [6.07, 6.45) is 0. The van der Waals surface area contributed by atoms with E-state index in [9.17, 15) is 4.79 Å². The molecule has 3 aromatic rings. The third-order valence-electron chi connectivity index (χ3n) is 2.98. The molecule has 2 aromatic carbocycles. The molecule has 0 amide bonds. The maximum absolute atomic E-state index is 11.9. The Labute approximate surface area is 109 Å². The molecule has 0 aliphatic heterocycles. The van der Waals surface area contributed by atoms with Crippen molar-refractivity contribution in [3.05, 3.63) is 52.9 Å². The molecule has 3 rings (SSSR count). The number of nitrogens with two attached hydrogens (primary N) is 1. The van der Waals surface area contributed by atoms with E-state index in [1.807, 2.05) is 24.3 Å². The molecule has 0 spiro atoms. The van der Waals surface area contributed by atoms with Crippen LogP contribution < -0.4 is 16.1 Å². The van der Waals surface area contributed by atoms with Gasteiger partial charge in [0.15, 0.2) is 0 Å². The van der Waals surface area contributed by atoms with E-state index in [4.69, 9.17) is 14.9 Å². The molecular weight excluding hydrogens is 242 g/mol. The molecule has 0 saturated carbocycles. The highest BCUT2D eigenvalue weighted by Gasteiger charge is 2.11. The van der Waals surface area contributed by atoms with E-state index in [2.05, 4.69) is 0 Å². The molecule has 0 atom stereocenters. The van der Waals surface area contributed by atoms with E-state index in [0.29, 0.717) is 29.9 Å². The molecule has 4 nitrogen and oxygen atoms in total. The van der Waals surface area contributed by atoms with Gasteiger partial charge in [-0.15, -0.1) is 0 Å². The Morgan fingerprint density at radius 1 is 1.05 bits per heavy atom. The minimum absolute atomic E-state index is 0.334. The molecule has 0 fully saturated rings. The number of hydrogen-bond acceptors (Lipinski definition) is 4. The van der Waals surface area contributed by atoms with Crippen LogP contribution in [-0.2, 0) is 0 Å². The second-order valence-corrected chi connectivity index (χ2v) is 4.20. The van der Waals surface area contributed by atoms with Crippen molar-refractivity contribution in [3.63, 3.8) is 0 Å². The first kappa shape index (κ1) is 11.7. The summed E-state index contributed by atoms with van der Waals surface area (Å²) in [6, 6.07) is 12.8. The van der Waals surface area contributed by atoms with Gasteiger partial charge in [0.25, 0.3) is 0 Å². The van der Waals surface area contributed by atoms with E-state index in [-0.39, 0.29) is 5.63 Å². The topological polar surface area (TPSA) is 65.5 Å². The van der Waals surface area contributed by atoms with E-state index >= 15 is 0 Å². The Kier molecular flexibility index (Phi) is 2.93. The van der Waals surface area contributed by atoms with Crippen LogP contribution in [0.15, 0.2) is 51.7 Å². The van der Waals surface area contributed by atoms with E-state index in [0.717, 1.165) is 10.8 Å². The van der Waals surface area contributed by atoms with Gasteiger partial charge in [-0.1, -0.05) is 24.3 Å². The second-order valence-electron chi connectivity index (χ2n) is 4.20. The van der Waals surface area contributed by atoms with E-state index in [1.54, 1.807) is 18.2 Å². The molecule has 0 unspecified atom stereocenters. The van der Waals surface area contributed by atoms with E-state index in [1.165, 1.54) is 0 Å². The van der Waals surface area contributed by atoms with Crippen molar-refractivity contribution < 1.29 is 9.15 Å². The van der Waals surface area contributed by atoms with Gasteiger partial charge in [0.05, 0.1) is 10.8 Å². The molecule has 1 aromatic heterocycles. The first-order valence-electron chi connectivity index (χ1n) is 6.08. The number of ether oxygens (including phenoxy) is 1. The van der Waals surface area contributed by atoms with Gasteiger partial charge in [0.1, 0.15) is 17.9 Å². The Balaban J connectivity index is 2.40. The van der Waals surface area contributed by atoms with Gasteiger partial charge < -0.3 is 14.9 Å². The van der Waals surface area contributed by atoms with Gasteiger partial charge in [-0.05, 0) is 18.2 Å². The van der Waals surface area contributed by atoms with Crippen LogP contribution in [0.4, 0.5) is 0 Å². The Bertz CT molecular complexity index is 792. The van der Waals surface area contributed by atoms with E-state index < -0.39 is 0 Å².